The molecule has 0 aromatic heterocycles. The largest absolute Gasteiger partial charge is 0.113 e. The van der Waals surface area contributed by atoms with Gasteiger partial charge in [-0.25, -0.2) is 0 Å². The number of fused-ring (bicyclic) bond motifs is 3. The highest BCUT2D eigenvalue weighted by Gasteiger charge is 2.22. The van der Waals surface area contributed by atoms with Gasteiger partial charge in [0.05, 0.1) is 0 Å². The second-order valence-corrected chi connectivity index (χ2v) is 10.4. The molecule has 6 aromatic carbocycles. The van der Waals surface area contributed by atoms with Crippen LogP contribution >= 0.6 is 15.9 Å². The first-order chi connectivity index (χ1) is 18.6. The van der Waals surface area contributed by atoms with E-state index < -0.39 is 0 Å². The van der Waals surface area contributed by atoms with Crippen LogP contribution in [0.1, 0.15) is 0 Å². The van der Waals surface area contributed by atoms with Gasteiger partial charge in [-0.1, -0.05) is 88.6 Å². The maximum Gasteiger partial charge on any atom is 0.113 e. The van der Waals surface area contributed by atoms with Crippen molar-refractivity contribution in [1.82, 2.24) is 0 Å². The van der Waals surface area contributed by atoms with E-state index in [1.807, 2.05) is 24.3 Å². The van der Waals surface area contributed by atoms with Crippen molar-refractivity contribution in [2.75, 3.05) is 0 Å². The van der Waals surface area contributed by atoms with Gasteiger partial charge in [0.25, 0.3) is 0 Å². The van der Waals surface area contributed by atoms with E-state index in [1.165, 1.54) is 0 Å². The Hall–Kier alpha value is -2.90. The molecule has 0 aliphatic rings. The Kier molecular flexibility index (Phi) is 6.50. The normalized spacial score (nSPS) is 11.5. The molecule has 0 atom stereocenters. The van der Waals surface area contributed by atoms with Crippen molar-refractivity contribution in [3.63, 3.8) is 0 Å². The zero-order chi connectivity index (χ0) is 27.7. The molecule has 9 heteroatoms. The SMILES string of the molecule is [B]c1c([B])c([B])c2c(-c3ccc(-c4cccc5ccccc45)cc3)c3c([B])c([B])c([B])c([B])c3c(Br)c2c1[B]. The van der Waals surface area contributed by atoms with Gasteiger partial charge in [-0.2, -0.15) is 0 Å². The van der Waals surface area contributed by atoms with Crippen LogP contribution in [0, 0.1) is 0 Å². The topological polar surface area (TPSA) is 0 Å². The van der Waals surface area contributed by atoms with Crippen LogP contribution < -0.4 is 43.7 Å². The summed E-state index contributed by atoms with van der Waals surface area (Å²) in [7, 11) is 51.4. The molecule has 0 bridgehead atoms. The fraction of sp³-hybridized carbons (Fsp3) is 0. The molecular weight excluding hydrogens is 527 g/mol. The van der Waals surface area contributed by atoms with Gasteiger partial charge in [0.1, 0.15) is 62.8 Å². The zero-order valence-electron chi connectivity index (χ0n) is 20.8. The summed E-state index contributed by atoms with van der Waals surface area (Å²) >= 11 is 3.68. The Labute approximate surface area is 247 Å². The van der Waals surface area contributed by atoms with E-state index in [0.717, 1.165) is 27.5 Å². The van der Waals surface area contributed by atoms with Crippen LogP contribution in [0.4, 0.5) is 0 Å². The minimum absolute atomic E-state index is 0.187. The second-order valence-electron chi connectivity index (χ2n) is 9.60. The van der Waals surface area contributed by atoms with Crippen molar-refractivity contribution in [3.05, 3.63) is 71.2 Å². The fourth-order valence-electron chi connectivity index (χ4n) is 5.47. The highest BCUT2D eigenvalue weighted by atomic mass is 79.9. The third kappa shape index (κ3) is 3.84. The van der Waals surface area contributed by atoms with E-state index >= 15 is 0 Å². The average Bonchev–Trinajstić information content (AvgIpc) is 2.96. The third-order valence-corrected chi connectivity index (χ3v) is 8.32. The van der Waals surface area contributed by atoms with E-state index in [0.29, 0.717) is 31.6 Å². The minimum Gasteiger partial charge on any atom is -0.110 e. The van der Waals surface area contributed by atoms with E-state index in [4.69, 9.17) is 62.8 Å². The molecule has 162 valence electrons. The summed E-state index contributed by atoms with van der Waals surface area (Å²) in [6.45, 7) is 0. The number of rotatable bonds is 2. The first-order valence-electron chi connectivity index (χ1n) is 12.1. The molecule has 6 rings (SSSR count). The maximum absolute atomic E-state index is 6.62. The molecular formula is C30H11B8Br. The lowest BCUT2D eigenvalue weighted by atomic mass is 9.61. The standard InChI is InChI=1S/C30H11B8Br/c31-22-18-17(14-10-8-13(9-11-14)16-7-3-5-12-4-1-2-6-15(12)16)19-21(25(34)29(38)27(36)23(19)32)30(39)20(18)24(33)28(37)26(22)35/h1-11H. The smallest absolute Gasteiger partial charge is 0.110 e. The Bertz CT molecular complexity index is 1910. The average molecular weight is 538 g/mol. The predicted octanol–water partition coefficient (Wildman–Crippen LogP) is -0.407. The molecule has 39 heavy (non-hydrogen) atoms. The minimum atomic E-state index is 0.187. The van der Waals surface area contributed by atoms with Crippen molar-refractivity contribution >= 4 is 155 Å². The summed E-state index contributed by atoms with van der Waals surface area (Å²) in [4.78, 5) is 0. The highest BCUT2D eigenvalue weighted by Crippen LogP contribution is 2.39. The van der Waals surface area contributed by atoms with Gasteiger partial charge in [0.2, 0.25) is 0 Å². The molecule has 6 aromatic rings. The Morgan fingerprint density at radius 1 is 0.410 bits per heavy atom. The fourth-order valence-corrected chi connectivity index (χ4v) is 6.29. The number of hydrogen-bond acceptors (Lipinski definition) is 0. The first-order valence-corrected chi connectivity index (χ1v) is 12.9. The quantitative estimate of drug-likeness (QED) is 0.208. The molecule has 0 N–H and O–H groups in total. The molecule has 0 spiro atoms. The summed E-state index contributed by atoms with van der Waals surface area (Å²) in [5.41, 5.74) is 5.51. The molecule has 0 unspecified atom stereocenters. The molecule has 0 heterocycles. The number of hydrogen-bond donors (Lipinski definition) is 0. The van der Waals surface area contributed by atoms with Crippen molar-refractivity contribution in [1.29, 1.82) is 0 Å². The van der Waals surface area contributed by atoms with E-state index in [1.54, 1.807) is 0 Å². The van der Waals surface area contributed by atoms with Crippen LogP contribution in [-0.2, 0) is 0 Å². The van der Waals surface area contributed by atoms with Gasteiger partial charge in [0.15, 0.2) is 0 Å². The maximum atomic E-state index is 6.62. The Morgan fingerprint density at radius 3 is 1.38 bits per heavy atom. The Balaban J connectivity index is 1.75. The molecule has 0 aliphatic carbocycles. The molecule has 16 radical (unpaired) electrons. The molecule has 0 nitrogen and oxygen atoms in total. The Morgan fingerprint density at radius 2 is 0.846 bits per heavy atom. The summed E-state index contributed by atoms with van der Waals surface area (Å²) in [6.07, 6.45) is 0. The summed E-state index contributed by atoms with van der Waals surface area (Å²) in [6, 6.07) is 22.6. The van der Waals surface area contributed by atoms with Crippen molar-refractivity contribution in [2.45, 2.75) is 0 Å². The van der Waals surface area contributed by atoms with E-state index in [2.05, 4.69) is 58.4 Å². The summed E-state index contributed by atoms with van der Waals surface area (Å²) in [5, 5.41) is 4.63. The molecule has 0 amide bonds. The molecule has 0 fully saturated rings. The first kappa shape index (κ1) is 26.3. The third-order valence-electron chi connectivity index (χ3n) is 7.53. The second kappa shape index (κ2) is 9.63. The van der Waals surface area contributed by atoms with Gasteiger partial charge in [-0.3, -0.25) is 0 Å². The number of halogens is 1. The van der Waals surface area contributed by atoms with Crippen molar-refractivity contribution in [2.24, 2.45) is 0 Å². The summed E-state index contributed by atoms with van der Waals surface area (Å²) in [5.74, 6) is 0. The molecule has 0 aliphatic heterocycles. The highest BCUT2D eigenvalue weighted by molar-refractivity contribution is 9.10. The van der Waals surface area contributed by atoms with Crippen LogP contribution in [0.5, 0.6) is 0 Å². The van der Waals surface area contributed by atoms with Gasteiger partial charge >= 0.3 is 0 Å². The lowest BCUT2D eigenvalue weighted by Crippen LogP contribution is -2.49. The van der Waals surface area contributed by atoms with Crippen molar-refractivity contribution in [3.8, 4) is 22.3 Å². The number of benzene rings is 6. The van der Waals surface area contributed by atoms with E-state index in [-0.39, 0.29) is 43.7 Å². The molecule has 0 saturated heterocycles. The lowest BCUT2D eigenvalue weighted by Gasteiger charge is -2.26. The van der Waals surface area contributed by atoms with Crippen molar-refractivity contribution < 1.29 is 0 Å². The van der Waals surface area contributed by atoms with Gasteiger partial charge in [0, 0.05) is 4.47 Å². The lowest BCUT2D eigenvalue weighted by molar-refractivity contribution is 1.64. The van der Waals surface area contributed by atoms with E-state index in [9.17, 15) is 0 Å². The zero-order valence-corrected chi connectivity index (χ0v) is 22.4. The van der Waals surface area contributed by atoms with Crippen LogP contribution in [0.15, 0.2) is 71.2 Å². The van der Waals surface area contributed by atoms with Crippen LogP contribution in [-0.4, -0.2) is 62.8 Å². The van der Waals surface area contributed by atoms with Crippen LogP contribution in [0.2, 0.25) is 0 Å². The van der Waals surface area contributed by atoms with Gasteiger partial charge in [-0.05, 0) is 70.5 Å². The predicted molar refractivity (Wildman–Crippen MR) is 181 cm³/mol. The monoisotopic (exact) mass is 538 g/mol. The van der Waals surface area contributed by atoms with Gasteiger partial charge in [-0.15, -0.1) is 21.9 Å². The van der Waals surface area contributed by atoms with Crippen LogP contribution in [0.3, 0.4) is 0 Å². The van der Waals surface area contributed by atoms with Crippen LogP contribution in [0.25, 0.3) is 54.6 Å². The summed E-state index contributed by atoms with van der Waals surface area (Å²) < 4.78 is 0.551. The molecule has 0 saturated carbocycles. The van der Waals surface area contributed by atoms with Gasteiger partial charge < -0.3 is 0 Å².